The summed E-state index contributed by atoms with van der Waals surface area (Å²) in [5.41, 5.74) is 3.65. The quantitative estimate of drug-likeness (QED) is 0.203. The number of nitrogens with one attached hydrogen (secondary N) is 2. The average Bonchev–Trinajstić information content (AvgIpc) is 3.42. The van der Waals surface area contributed by atoms with Crippen LogP contribution in [0.4, 0.5) is 9.59 Å². The van der Waals surface area contributed by atoms with Gasteiger partial charge in [-0.1, -0.05) is 50.2 Å². The number of nitrogens with zero attached hydrogens (tertiary/aromatic N) is 2. The van der Waals surface area contributed by atoms with Crippen molar-refractivity contribution in [3.63, 3.8) is 0 Å². The summed E-state index contributed by atoms with van der Waals surface area (Å²) < 4.78 is 22.9. The third kappa shape index (κ3) is 8.95. The normalized spacial score (nSPS) is 13.7. The molecule has 11 nitrogen and oxygen atoms in total. The van der Waals surface area contributed by atoms with Crippen LogP contribution in [0.5, 0.6) is 11.5 Å². The summed E-state index contributed by atoms with van der Waals surface area (Å²) in [7, 11) is 0. The van der Waals surface area contributed by atoms with Crippen molar-refractivity contribution in [2.45, 2.75) is 85.9 Å². The molecule has 1 aromatic heterocycles. The number of Topliss-reactive ketones (excluding diaryl/α,β-unsaturated/α-hetero) is 1. The summed E-state index contributed by atoms with van der Waals surface area (Å²) in [6.45, 7) is 17.1. The largest absolute Gasteiger partial charge is 0.412 e. The molecular weight excluding hydrogens is 588 g/mol. The number of aromatic nitrogens is 1. The lowest BCUT2D eigenvalue weighted by molar-refractivity contribution is 0.0342. The molecule has 2 amide bonds. The van der Waals surface area contributed by atoms with Gasteiger partial charge in [0.25, 0.3) is 0 Å². The van der Waals surface area contributed by atoms with Crippen molar-refractivity contribution in [3.05, 3.63) is 53.2 Å². The smallest absolute Gasteiger partial charge is 0.410 e. The van der Waals surface area contributed by atoms with Crippen LogP contribution in [0.1, 0.15) is 88.8 Å². The maximum absolute atomic E-state index is 13.3. The van der Waals surface area contributed by atoms with Gasteiger partial charge in [0.1, 0.15) is 11.5 Å². The standard InChI is InChI=1S/C35H46N4O7/c1-8-9-28(40)32-31(25-12-10-24(11-13-25)20-39-14-16-43-17-15-39)33(46-38-32)27-18-26(21(2)3)29(44-34(41)36-22(4)5)19-30(27)45-35(42)37-23(6)7/h10-13,18-19,21-23H,8-9,14-17,20H2,1-7H3,(H,36,41)(H,37,42). The average molecular weight is 635 g/mol. The molecule has 46 heavy (non-hydrogen) atoms. The van der Waals surface area contributed by atoms with Crippen LogP contribution in [0.2, 0.25) is 0 Å². The Morgan fingerprint density at radius 2 is 1.50 bits per heavy atom. The predicted molar refractivity (Wildman–Crippen MR) is 175 cm³/mol. The number of carbonyl (C=O) groups excluding carboxylic acids is 3. The Labute approximate surface area is 270 Å². The Balaban J connectivity index is 1.85. The van der Waals surface area contributed by atoms with Gasteiger partial charge in [-0.25, -0.2) is 9.59 Å². The number of ketones is 1. The van der Waals surface area contributed by atoms with Crippen LogP contribution < -0.4 is 20.1 Å². The van der Waals surface area contributed by atoms with E-state index in [1.807, 2.05) is 72.7 Å². The molecular formula is C35H46N4O7. The summed E-state index contributed by atoms with van der Waals surface area (Å²) in [5.74, 6) is 0.351. The van der Waals surface area contributed by atoms with Crippen LogP contribution in [0.15, 0.2) is 40.9 Å². The van der Waals surface area contributed by atoms with Crippen LogP contribution in [0.3, 0.4) is 0 Å². The van der Waals surface area contributed by atoms with E-state index in [0.717, 1.165) is 44.0 Å². The third-order valence-corrected chi connectivity index (χ3v) is 7.38. The molecule has 0 spiro atoms. The highest BCUT2D eigenvalue weighted by molar-refractivity contribution is 6.04. The fourth-order valence-electron chi connectivity index (χ4n) is 5.18. The Kier molecular flexibility index (Phi) is 11.9. The maximum Gasteiger partial charge on any atom is 0.412 e. The van der Waals surface area contributed by atoms with E-state index in [0.29, 0.717) is 29.5 Å². The van der Waals surface area contributed by atoms with Gasteiger partial charge in [0.2, 0.25) is 0 Å². The number of morpholine rings is 1. The summed E-state index contributed by atoms with van der Waals surface area (Å²) in [4.78, 5) is 41.2. The van der Waals surface area contributed by atoms with Gasteiger partial charge in [-0.05, 0) is 62.8 Å². The second kappa shape index (κ2) is 15.9. The molecule has 0 saturated carbocycles. The lowest BCUT2D eigenvalue weighted by Crippen LogP contribution is -2.35. The van der Waals surface area contributed by atoms with E-state index in [2.05, 4.69) is 20.7 Å². The predicted octanol–water partition coefficient (Wildman–Crippen LogP) is 6.94. The molecule has 3 aromatic rings. The van der Waals surface area contributed by atoms with Gasteiger partial charge in [-0.2, -0.15) is 0 Å². The minimum absolute atomic E-state index is 0.0886. The second-order valence-corrected chi connectivity index (χ2v) is 12.4. The Hall–Kier alpha value is -4.22. The maximum atomic E-state index is 13.3. The molecule has 0 unspecified atom stereocenters. The van der Waals surface area contributed by atoms with Crippen LogP contribution in [0, 0.1) is 0 Å². The monoisotopic (exact) mass is 634 g/mol. The number of hydrogen-bond donors (Lipinski definition) is 2. The molecule has 1 aliphatic heterocycles. The molecule has 2 aromatic carbocycles. The second-order valence-electron chi connectivity index (χ2n) is 12.4. The SMILES string of the molecule is CCCC(=O)c1noc(-c2cc(C(C)C)c(OC(=O)NC(C)C)cc2OC(=O)NC(C)C)c1-c1ccc(CN2CCOCC2)cc1. The van der Waals surface area contributed by atoms with Gasteiger partial charge < -0.3 is 29.4 Å². The molecule has 0 aliphatic carbocycles. The molecule has 1 saturated heterocycles. The van der Waals surface area contributed by atoms with Crippen molar-refractivity contribution in [2.24, 2.45) is 0 Å². The number of carbonyl (C=O) groups is 3. The molecule has 4 rings (SSSR count). The minimum Gasteiger partial charge on any atom is -0.410 e. The number of rotatable bonds is 12. The van der Waals surface area contributed by atoms with Crippen molar-refractivity contribution < 1.29 is 33.1 Å². The zero-order valence-corrected chi connectivity index (χ0v) is 27.9. The zero-order valence-electron chi connectivity index (χ0n) is 27.9. The van der Waals surface area contributed by atoms with Crippen molar-refractivity contribution >= 4 is 18.0 Å². The summed E-state index contributed by atoms with van der Waals surface area (Å²) in [6.07, 6.45) is -0.386. The van der Waals surface area contributed by atoms with Gasteiger partial charge in [0.05, 0.1) is 24.3 Å². The van der Waals surface area contributed by atoms with Crippen molar-refractivity contribution in [1.29, 1.82) is 0 Å². The van der Waals surface area contributed by atoms with Crippen LogP contribution in [0.25, 0.3) is 22.5 Å². The molecule has 2 N–H and O–H groups in total. The molecule has 1 fully saturated rings. The third-order valence-electron chi connectivity index (χ3n) is 7.38. The van der Waals surface area contributed by atoms with E-state index in [1.165, 1.54) is 6.07 Å². The van der Waals surface area contributed by atoms with Crippen LogP contribution in [-0.4, -0.2) is 66.4 Å². The van der Waals surface area contributed by atoms with E-state index >= 15 is 0 Å². The van der Waals surface area contributed by atoms with E-state index in [-0.39, 0.29) is 46.7 Å². The highest BCUT2D eigenvalue weighted by Crippen LogP contribution is 2.44. The van der Waals surface area contributed by atoms with E-state index in [1.54, 1.807) is 6.07 Å². The van der Waals surface area contributed by atoms with Gasteiger partial charge in [-0.3, -0.25) is 9.69 Å². The topological polar surface area (TPSA) is 132 Å². The Morgan fingerprint density at radius 1 is 0.891 bits per heavy atom. The van der Waals surface area contributed by atoms with Crippen molar-refractivity contribution in [2.75, 3.05) is 26.3 Å². The molecule has 0 radical (unpaired) electrons. The molecule has 1 aliphatic rings. The summed E-state index contributed by atoms with van der Waals surface area (Å²) in [6, 6.07) is 10.9. The van der Waals surface area contributed by atoms with Crippen molar-refractivity contribution in [3.8, 4) is 33.9 Å². The van der Waals surface area contributed by atoms with Gasteiger partial charge in [0, 0.05) is 44.2 Å². The number of benzene rings is 2. The molecule has 11 heteroatoms. The van der Waals surface area contributed by atoms with Crippen LogP contribution in [-0.2, 0) is 11.3 Å². The first-order valence-corrected chi connectivity index (χ1v) is 16.0. The van der Waals surface area contributed by atoms with Gasteiger partial charge in [-0.15, -0.1) is 0 Å². The zero-order chi connectivity index (χ0) is 33.4. The number of ether oxygens (including phenoxy) is 3. The van der Waals surface area contributed by atoms with E-state index in [9.17, 15) is 14.4 Å². The van der Waals surface area contributed by atoms with E-state index < -0.39 is 12.2 Å². The van der Waals surface area contributed by atoms with Gasteiger partial charge in [0.15, 0.2) is 17.2 Å². The lowest BCUT2D eigenvalue weighted by atomic mass is 9.93. The Morgan fingerprint density at radius 3 is 2.07 bits per heavy atom. The Bertz CT molecular complexity index is 1510. The highest BCUT2D eigenvalue weighted by atomic mass is 16.6. The van der Waals surface area contributed by atoms with Crippen molar-refractivity contribution in [1.82, 2.24) is 20.7 Å². The number of hydrogen-bond acceptors (Lipinski definition) is 9. The summed E-state index contributed by atoms with van der Waals surface area (Å²) >= 11 is 0. The minimum atomic E-state index is -0.693. The van der Waals surface area contributed by atoms with E-state index in [4.69, 9.17) is 18.7 Å². The lowest BCUT2D eigenvalue weighted by Gasteiger charge is -2.26. The summed E-state index contributed by atoms with van der Waals surface area (Å²) in [5, 5.41) is 9.70. The highest BCUT2D eigenvalue weighted by Gasteiger charge is 2.29. The fraction of sp³-hybridized carbons (Fsp3) is 0.486. The van der Waals surface area contributed by atoms with Gasteiger partial charge >= 0.3 is 12.2 Å². The number of amides is 2. The first-order valence-electron chi connectivity index (χ1n) is 16.0. The van der Waals surface area contributed by atoms with Crippen LogP contribution >= 0.6 is 0 Å². The molecule has 0 atom stereocenters. The molecule has 0 bridgehead atoms. The first-order chi connectivity index (χ1) is 22.0. The molecule has 248 valence electrons. The fourth-order valence-corrected chi connectivity index (χ4v) is 5.18. The molecule has 2 heterocycles. The first kappa shape index (κ1) is 34.6.